The molecule has 4 nitrogen and oxygen atoms in total. The Hall–Kier alpha value is -2.16. The van der Waals surface area contributed by atoms with Crippen molar-refractivity contribution in [3.05, 3.63) is 57.8 Å². The van der Waals surface area contributed by atoms with Gasteiger partial charge in [-0.25, -0.2) is 0 Å². The first kappa shape index (κ1) is 13.8. The van der Waals surface area contributed by atoms with Crippen LogP contribution in [0.1, 0.15) is 5.56 Å². The first-order valence-corrected chi connectivity index (χ1v) is 7.21. The van der Waals surface area contributed by atoms with Crippen molar-refractivity contribution in [1.82, 2.24) is 9.97 Å². The lowest BCUT2D eigenvalue weighted by Crippen LogP contribution is -1.96. The van der Waals surface area contributed by atoms with Gasteiger partial charge in [-0.2, -0.15) is 5.26 Å². The van der Waals surface area contributed by atoms with E-state index in [0.29, 0.717) is 16.3 Å². The smallest absolute Gasteiger partial charge is 0.112 e. The van der Waals surface area contributed by atoms with Crippen molar-refractivity contribution in [3.63, 3.8) is 0 Å². The number of nitrogens with one attached hydrogen (secondary N) is 1. The number of fused-ring (bicyclic) bond motifs is 1. The topological polar surface area (TPSA) is 61.6 Å². The first-order chi connectivity index (χ1) is 10.2. The molecule has 3 rings (SSSR count). The maximum atomic E-state index is 9.17. The molecule has 0 atom stereocenters. The summed E-state index contributed by atoms with van der Waals surface area (Å²) in [5.74, 6) is 0. The number of halogens is 2. The van der Waals surface area contributed by atoms with Crippen LogP contribution >= 0.6 is 27.5 Å². The van der Waals surface area contributed by atoms with Crippen molar-refractivity contribution in [2.24, 2.45) is 0 Å². The third-order valence-corrected chi connectivity index (χ3v) is 3.58. The highest BCUT2D eigenvalue weighted by atomic mass is 79.9. The molecule has 0 aliphatic carbocycles. The third kappa shape index (κ3) is 2.82. The van der Waals surface area contributed by atoms with Gasteiger partial charge in [-0.3, -0.25) is 9.97 Å². The van der Waals surface area contributed by atoms with Gasteiger partial charge in [0.1, 0.15) is 11.6 Å². The van der Waals surface area contributed by atoms with Crippen molar-refractivity contribution >= 4 is 49.9 Å². The number of hydrogen-bond donors (Lipinski definition) is 1. The van der Waals surface area contributed by atoms with Crippen LogP contribution in [0.5, 0.6) is 0 Å². The van der Waals surface area contributed by atoms with E-state index in [0.717, 1.165) is 21.2 Å². The van der Waals surface area contributed by atoms with Gasteiger partial charge in [-0.15, -0.1) is 0 Å². The molecular weight excluding hydrogens is 352 g/mol. The zero-order chi connectivity index (χ0) is 14.8. The number of rotatable bonds is 2. The normalized spacial score (nSPS) is 10.3. The Kier molecular flexibility index (Phi) is 3.74. The molecule has 1 N–H and O–H groups in total. The second-order valence-electron chi connectivity index (χ2n) is 4.31. The maximum absolute atomic E-state index is 9.17. The zero-order valence-electron chi connectivity index (χ0n) is 10.6. The van der Waals surface area contributed by atoms with Gasteiger partial charge in [0.05, 0.1) is 22.5 Å². The van der Waals surface area contributed by atoms with E-state index in [1.165, 1.54) is 0 Å². The number of aromatic nitrogens is 2. The second-order valence-corrected chi connectivity index (χ2v) is 5.66. The van der Waals surface area contributed by atoms with Crippen LogP contribution in [-0.2, 0) is 0 Å². The Morgan fingerprint density at radius 1 is 1.14 bits per heavy atom. The number of anilines is 2. The Bertz CT molecular complexity index is 873. The zero-order valence-corrected chi connectivity index (χ0v) is 13.0. The molecule has 21 heavy (non-hydrogen) atoms. The van der Waals surface area contributed by atoms with Crippen LogP contribution in [0.15, 0.2) is 47.2 Å². The van der Waals surface area contributed by atoms with Gasteiger partial charge in [0.15, 0.2) is 0 Å². The van der Waals surface area contributed by atoms with Gasteiger partial charge in [-0.1, -0.05) is 11.6 Å². The third-order valence-electron chi connectivity index (χ3n) is 2.92. The van der Waals surface area contributed by atoms with E-state index < -0.39 is 0 Å². The van der Waals surface area contributed by atoms with Crippen LogP contribution in [0, 0.1) is 11.3 Å². The molecule has 0 aliphatic rings. The SMILES string of the molecule is N#Cc1ccc(Cl)cc1Nc1ccnc2cc(Br)cnc12. The standard InChI is InChI=1S/C15H8BrClN4/c16-10-5-14-15(20-8-10)12(3-4-19-14)21-13-6-11(17)2-1-9(13)7-18/h1-6,8H,(H,19,21). The molecular formula is C15H8BrClN4. The van der Waals surface area contributed by atoms with Gasteiger partial charge in [0.25, 0.3) is 0 Å². The summed E-state index contributed by atoms with van der Waals surface area (Å²) in [4.78, 5) is 8.65. The van der Waals surface area contributed by atoms with Crippen molar-refractivity contribution in [3.8, 4) is 6.07 Å². The number of nitrogens with zero attached hydrogens (tertiary/aromatic N) is 3. The van der Waals surface area contributed by atoms with Crippen molar-refractivity contribution in [1.29, 1.82) is 5.26 Å². The van der Waals surface area contributed by atoms with Crippen molar-refractivity contribution < 1.29 is 0 Å². The summed E-state index contributed by atoms with van der Waals surface area (Å²) < 4.78 is 0.861. The molecule has 6 heteroatoms. The van der Waals surface area contributed by atoms with Crippen LogP contribution in [0.25, 0.3) is 11.0 Å². The van der Waals surface area contributed by atoms with Gasteiger partial charge in [0.2, 0.25) is 0 Å². The van der Waals surface area contributed by atoms with Crippen LogP contribution in [-0.4, -0.2) is 9.97 Å². The maximum Gasteiger partial charge on any atom is 0.112 e. The highest BCUT2D eigenvalue weighted by Gasteiger charge is 2.08. The van der Waals surface area contributed by atoms with Gasteiger partial charge in [-0.05, 0) is 46.3 Å². The van der Waals surface area contributed by atoms with E-state index in [-0.39, 0.29) is 0 Å². The Morgan fingerprint density at radius 2 is 2.00 bits per heavy atom. The van der Waals surface area contributed by atoms with Crippen LogP contribution < -0.4 is 5.32 Å². The summed E-state index contributed by atoms with van der Waals surface area (Å²) in [5.41, 5.74) is 3.41. The minimum atomic E-state index is 0.515. The molecule has 0 saturated carbocycles. The molecule has 0 amide bonds. The van der Waals surface area contributed by atoms with Crippen molar-refractivity contribution in [2.75, 3.05) is 5.32 Å². The first-order valence-electron chi connectivity index (χ1n) is 6.04. The van der Waals surface area contributed by atoms with E-state index >= 15 is 0 Å². The van der Waals surface area contributed by atoms with E-state index in [4.69, 9.17) is 16.9 Å². The lowest BCUT2D eigenvalue weighted by Gasteiger charge is -2.10. The molecule has 2 aromatic heterocycles. The fraction of sp³-hybridized carbons (Fsp3) is 0. The van der Waals surface area contributed by atoms with Gasteiger partial charge in [0, 0.05) is 21.9 Å². The molecule has 1 aromatic carbocycles. The minimum absolute atomic E-state index is 0.515. The summed E-state index contributed by atoms with van der Waals surface area (Å²) in [6.07, 6.45) is 3.40. The lowest BCUT2D eigenvalue weighted by atomic mass is 10.2. The number of hydrogen-bond acceptors (Lipinski definition) is 4. The summed E-state index contributed by atoms with van der Waals surface area (Å²) in [6, 6.07) is 10.9. The Morgan fingerprint density at radius 3 is 2.81 bits per heavy atom. The Balaban J connectivity index is 2.11. The molecule has 0 saturated heterocycles. The predicted molar refractivity (Wildman–Crippen MR) is 86.7 cm³/mol. The van der Waals surface area contributed by atoms with Crippen LogP contribution in [0.4, 0.5) is 11.4 Å². The summed E-state index contributed by atoms with van der Waals surface area (Å²) in [7, 11) is 0. The van der Waals surface area contributed by atoms with Crippen LogP contribution in [0.3, 0.4) is 0 Å². The number of pyridine rings is 2. The quantitative estimate of drug-likeness (QED) is 0.723. The monoisotopic (exact) mass is 358 g/mol. The van der Waals surface area contributed by atoms with Gasteiger partial charge >= 0.3 is 0 Å². The summed E-state index contributed by atoms with van der Waals surface area (Å²) in [6.45, 7) is 0. The fourth-order valence-corrected chi connectivity index (χ4v) is 2.46. The number of nitriles is 1. The second kappa shape index (κ2) is 5.68. The average Bonchev–Trinajstić information content (AvgIpc) is 2.47. The minimum Gasteiger partial charge on any atom is -0.353 e. The molecule has 3 aromatic rings. The van der Waals surface area contributed by atoms with E-state index in [9.17, 15) is 0 Å². The molecule has 0 spiro atoms. The summed E-state index contributed by atoms with van der Waals surface area (Å²) >= 11 is 9.37. The van der Waals surface area contributed by atoms with Crippen molar-refractivity contribution in [2.45, 2.75) is 0 Å². The van der Waals surface area contributed by atoms with Gasteiger partial charge < -0.3 is 5.32 Å². The fourth-order valence-electron chi connectivity index (χ4n) is 1.97. The largest absolute Gasteiger partial charge is 0.353 e. The summed E-state index contributed by atoms with van der Waals surface area (Å²) in [5, 5.41) is 12.9. The molecule has 0 fully saturated rings. The van der Waals surface area contributed by atoms with E-state index in [1.54, 1.807) is 30.6 Å². The molecule has 102 valence electrons. The lowest BCUT2D eigenvalue weighted by molar-refractivity contribution is 1.32. The molecule has 2 heterocycles. The van der Waals surface area contributed by atoms with E-state index in [1.807, 2.05) is 12.1 Å². The van der Waals surface area contributed by atoms with E-state index in [2.05, 4.69) is 37.3 Å². The Labute approximate surface area is 134 Å². The molecule has 0 unspecified atom stereocenters. The predicted octanol–water partition coefficient (Wildman–Crippen LogP) is 4.66. The molecule has 0 radical (unpaired) electrons. The highest BCUT2D eigenvalue weighted by Crippen LogP contribution is 2.28. The molecule has 0 aliphatic heterocycles. The highest BCUT2D eigenvalue weighted by molar-refractivity contribution is 9.10. The molecule has 0 bridgehead atoms. The average molecular weight is 360 g/mol. The number of benzene rings is 1. The van der Waals surface area contributed by atoms with Crippen LogP contribution in [0.2, 0.25) is 5.02 Å².